The minimum atomic E-state index is -0.554. The minimum Gasteiger partial charge on any atom is -0.423 e. The lowest BCUT2D eigenvalue weighted by molar-refractivity contribution is -0.134. The van der Waals surface area contributed by atoms with Gasteiger partial charge in [-0.05, 0) is 49.1 Å². The highest BCUT2D eigenvalue weighted by atomic mass is 16.6. The van der Waals surface area contributed by atoms with Gasteiger partial charge >= 0.3 is 11.9 Å². The average Bonchev–Trinajstić information content (AvgIpc) is 2.57. The van der Waals surface area contributed by atoms with Crippen LogP contribution in [-0.4, -0.2) is 17.8 Å². The van der Waals surface area contributed by atoms with Crippen molar-refractivity contribution in [2.45, 2.75) is 40.5 Å². The van der Waals surface area contributed by atoms with Crippen molar-refractivity contribution in [2.24, 2.45) is 0 Å². The van der Waals surface area contributed by atoms with Gasteiger partial charge in [0, 0.05) is 32.0 Å². The van der Waals surface area contributed by atoms with Crippen molar-refractivity contribution in [1.29, 1.82) is 0 Å². The van der Waals surface area contributed by atoms with Crippen LogP contribution in [0.5, 0.6) is 11.5 Å². The van der Waals surface area contributed by atoms with Crippen LogP contribution < -0.4 is 14.8 Å². The van der Waals surface area contributed by atoms with Crippen LogP contribution in [0.3, 0.4) is 0 Å². The zero-order valence-corrected chi connectivity index (χ0v) is 15.9. The lowest BCUT2D eigenvalue weighted by Gasteiger charge is -2.11. The van der Waals surface area contributed by atoms with Crippen molar-refractivity contribution in [2.75, 3.05) is 5.32 Å². The Morgan fingerprint density at radius 2 is 1.52 bits per heavy atom. The first-order valence-corrected chi connectivity index (χ1v) is 8.61. The Kier molecular flexibility index (Phi) is 6.71. The lowest BCUT2D eigenvalue weighted by atomic mass is 10.0. The standard InChI is InChI=1S/C21H23NO5/c1-13-5-6-17(11-14(13)2)7-10-21(25)22-18-8-9-19(26-15(3)23)20(12-18)27-16(4)24/h5-6,8-9,11-12H,7,10H2,1-4H3,(H,22,25). The second kappa shape index (κ2) is 8.98. The van der Waals surface area contributed by atoms with E-state index in [1.807, 2.05) is 26.0 Å². The molecule has 0 aromatic heterocycles. The van der Waals surface area contributed by atoms with E-state index in [-0.39, 0.29) is 17.4 Å². The molecular weight excluding hydrogens is 346 g/mol. The van der Waals surface area contributed by atoms with E-state index in [1.54, 1.807) is 6.07 Å². The molecule has 1 amide bonds. The number of hydrogen-bond acceptors (Lipinski definition) is 5. The first-order chi connectivity index (χ1) is 12.7. The molecule has 0 radical (unpaired) electrons. The fraction of sp³-hybridized carbons (Fsp3) is 0.286. The summed E-state index contributed by atoms with van der Waals surface area (Å²) in [6, 6.07) is 10.6. The molecule has 6 heteroatoms. The molecule has 0 unspecified atom stereocenters. The molecule has 0 aliphatic rings. The van der Waals surface area contributed by atoms with E-state index < -0.39 is 11.9 Å². The molecule has 2 rings (SSSR count). The third-order valence-corrected chi connectivity index (χ3v) is 3.95. The maximum atomic E-state index is 12.2. The summed E-state index contributed by atoms with van der Waals surface area (Å²) >= 11 is 0. The molecule has 0 bridgehead atoms. The molecule has 0 saturated heterocycles. The van der Waals surface area contributed by atoms with Crippen molar-refractivity contribution >= 4 is 23.5 Å². The predicted molar refractivity (Wildman–Crippen MR) is 102 cm³/mol. The summed E-state index contributed by atoms with van der Waals surface area (Å²) in [6.07, 6.45) is 0.937. The molecule has 0 aliphatic carbocycles. The summed E-state index contributed by atoms with van der Waals surface area (Å²) in [5.74, 6) is -1.06. The summed E-state index contributed by atoms with van der Waals surface area (Å²) in [6.45, 7) is 6.58. The molecule has 2 aromatic rings. The number of carbonyl (C=O) groups is 3. The molecule has 0 spiro atoms. The van der Waals surface area contributed by atoms with Gasteiger partial charge in [-0.15, -0.1) is 0 Å². The van der Waals surface area contributed by atoms with Crippen molar-refractivity contribution in [1.82, 2.24) is 0 Å². The van der Waals surface area contributed by atoms with Gasteiger partial charge in [0.25, 0.3) is 0 Å². The summed E-state index contributed by atoms with van der Waals surface area (Å²) in [5, 5.41) is 2.76. The maximum Gasteiger partial charge on any atom is 0.308 e. The van der Waals surface area contributed by atoms with E-state index in [4.69, 9.17) is 9.47 Å². The number of carbonyl (C=O) groups excluding carboxylic acids is 3. The van der Waals surface area contributed by atoms with Crippen molar-refractivity contribution in [3.8, 4) is 11.5 Å². The second-order valence-corrected chi connectivity index (χ2v) is 6.32. The van der Waals surface area contributed by atoms with Gasteiger partial charge < -0.3 is 14.8 Å². The normalized spacial score (nSPS) is 10.2. The van der Waals surface area contributed by atoms with Crippen molar-refractivity contribution in [3.05, 3.63) is 53.1 Å². The van der Waals surface area contributed by atoms with Gasteiger partial charge in [0.2, 0.25) is 5.91 Å². The highest BCUT2D eigenvalue weighted by molar-refractivity contribution is 5.91. The van der Waals surface area contributed by atoms with Gasteiger partial charge in [-0.1, -0.05) is 18.2 Å². The van der Waals surface area contributed by atoms with Crippen LogP contribution in [0.2, 0.25) is 0 Å². The number of esters is 2. The summed E-state index contributed by atoms with van der Waals surface area (Å²) in [7, 11) is 0. The molecule has 2 aromatic carbocycles. The number of rotatable bonds is 6. The van der Waals surface area contributed by atoms with Crippen LogP contribution in [-0.2, 0) is 20.8 Å². The van der Waals surface area contributed by atoms with Crippen LogP contribution in [0.25, 0.3) is 0 Å². The monoisotopic (exact) mass is 369 g/mol. The third-order valence-electron chi connectivity index (χ3n) is 3.95. The molecule has 1 N–H and O–H groups in total. The minimum absolute atomic E-state index is 0.0738. The van der Waals surface area contributed by atoms with E-state index in [1.165, 1.54) is 37.1 Å². The molecule has 6 nitrogen and oxygen atoms in total. The number of ether oxygens (including phenoxy) is 2. The molecule has 0 heterocycles. The first-order valence-electron chi connectivity index (χ1n) is 8.61. The summed E-state index contributed by atoms with van der Waals surface area (Å²) in [4.78, 5) is 34.6. The van der Waals surface area contributed by atoms with Crippen LogP contribution >= 0.6 is 0 Å². The Hall–Kier alpha value is -3.15. The fourth-order valence-electron chi connectivity index (χ4n) is 2.50. The Morgan fingerprint density at radius 3 is 2.15 bits per heavy atom. The number of hydrogen-bond donors (Lipinski definition) is 1. The maximum absolute atomic E-state index is 12.2. The predicted octanol–water partition coefficient (Wildman–Crippen LogP) is 3.73. The Balaban J connectivity index is 2.04. The average molecular weight is 369 g/mol. The smallest absolute Gasteiger partial charge is 0.308 e. The van der Waals surface area contributed by atoms with Gasteiger partial charge in [0.05, 0.1) is 0 Å². The van der Waals surface area contributed by atoms with Crippen LogP contribution in [0, 0.1) is 13.8 Å². The molecule has 142 valence electrons. The van der Waals surface area contributed by atoms with Gasteiger partial charge in [0.15, 0.2) is 11.5 Å². The van der Waals surface area contributed by atoms with Gasteiger partial charge in [-0.3, -0.25) is 14.4 Å². The van der Waals surface area contributed by atoms with E-state index in [0.717, 1.165) is 5.56 Å². The molecule has 27 heavy (non-hydrogen) atoms. The van der Waals surface area contributed by atoms with Gasteiger partial charge in [-0.25, -0.2) is 0 Å². The van der Waals surface area contributed by atoms with Crippen LogP contribution in [0.4, 0.5) is 5.69 Å². The fourth-order valence-corrected chi connectivity index (χ4v) is 2.50. The molecule has 0 aliphatic heterocycles. The third kappa shape index (κ3) is 6.26. The first kappa shape index (κ1) is 20.2. The van der Waals surface area contributed by atoms with E-state index >= 15 is 0 Å². The molecular formula is C21H23NO5. The van der Waals surface area contributed by atoms with E-state index in [2.05, 4.69) is 11.4 Å². The highest BCUT2D eigenvalue weighted by Gasteiger charge is 2.12. The molecule has 0 saturated carbocycles. The number of amides is 1. The lowest BCUT2D eigenvalue weighted by Crippen LogP contribution is -2.13. The SMILES string of the molecule is CC(=O)Oc1ccc(NC(=O)CCc2ccc(C)c(C)c2)cc1OC(C)=O. The molecule has 0 atom stereocenters. The van der Waals surface area contributed by atoms with Crippen LogP contribution in [0.15, 0.2) is 36.4 Å². The largest absolute Gasteiger partial charge is 0.423 e. The quantitative estimate of drug-likeness (QED) is 0.620. The summed E-state index contributed by atoms with van der Waals surface area (Å²) < 4.78 is 10.1. The number of aryl methyl sites for hydroxylation is 3. The Morgan fingerprint density at radius 1 is 0.852 bits per heavy atom. The Bertz CT molecular complexity index is 873. The molecule has 0 fully saturated rings. The van der Waals surface area contributed by atoms with Gasteiger partial charge in [-0.2, -0.15) is 0 Å². The number of benzene rings is 2. The van der Waals surface area contributed by atoms with Crippen LogP contribution in [0.1, 0.15) is 37.0 Å². The van der Waals surface area contributed by atoms with E-state index in [9.17, 15) is 14.4 Å². The Labute approximate surface area is 158 Å². The zero-order chi connectivity index (χ0) is 20.0. The van der Waals surface area contributed by atoms with Crippen molar-refractivity contribution in [3.63, 3.8) is 0 Å². The van der Waals surface area contributed by atoms with Gasteiger partial charge in [0.1, 0.15) is 0 Å². The van der Waals surface area contributed by atoms with E-state index in [0.29, 0.717) is 18.5 Å². The summed E-state index contributed by atoms with van der Waals surface area (Å²) in [5.41, 5.74) is 3.96. The van der Waals surface area contributed by atoms with Crippen molar-refractivity contribution < 1.29 is 23.9 Å². The topological polar surface area (TPSA) is 81.7 Å². The highest BCUT2D eigenvalue weighted by Crippen LogP contribution is 2.31. The number of anilines is 1. The second-order valence-electron chi connectivity index (χ2n) is 6.32. The number of nitrogens with one attached hydrogen (secondary N) is 1. The zero-order valence-electron chi connectivity index (χ0n) is 15.9.